The Hall–Kier alpha value is -2.09. The number of ether oxygens (including phenoxy) is 3. The summed E-state index contributed by atoms with van der Waals surface area (Å²) in [5, 5.41) is 12.3. The number of piperidine rings is 2. The standard InChI is InChI=1S/C22H26N2O5/c1-4-10-7-11-9-22(21(26)28-3)17-15(13-8-12(27-2)5-6-14(13)23-17)16-19(25)24(18(10)22)20(11)29-16/h5-6,8,10-11,16,18-20,23,25H,4,7,9H2,1-3H3/t10-,11+,16+,18-,19+,20-,22+/m0/s1. The second-order valence-electron chi connectivity index (χ2n) is 8.91. The monoisotopic (exact) mass is 398 g/mol. The number of hydrogen-bond acceptors (Lipinski definition) is 6. The van der Waals surface area contributed by atoms with Gasteiger partial charge in [-0.3, -0.25) is 4.79 Å². The molecule has 1 aromatic carbocycles. The van der Waals surface area contributed by atoms with Gasteiger partial charge in [0.25, 0.3) is 0 Å². The van der Waals surface area contributed by atoms with E-state index in [1.807, 2.05) is 18.2 Å². The molecule has 5 bridgehead atoms. The molecule has 4 fully saturated rings. The molecule has 8 atom stereocenters. The number of nitrogens with zero attached hydrogens (tertiary/aromatic N) is 1. The summed E-state index contributed by atoms with van der Waals surface area (Å²) in [5.74, 6) is 1.01. The van der Waals surface area contributed by atoms with E-state index in [-0.39, 0.29) is 24.2 Å². The first-order valence-electron chi connectivity index (χ1n) is 10.4. The van der Waals surface area contributed by atoms with Crippen molar-refractivity contribution in [2.75, 3.05) is 14.2 Å². The highest BCUT2D eigenvalue weighted by Crippen LogP contribution is 2.63. The molecular formula is C22H26N2O5. The molecular weight excluding hydrogens is 372 g/mol. The molecule has 7 nitrogen and oxygen atoms in total. The van der Waals surface area contributed by atoms with Crippen LogP contribution in [0.5, 0.6) is 5.75 Å². The van der Waals surface area contributed by atoms with Gasteiger partial charge in [-0.25, -0.2) is 4.90 Å². The predicted molar refractivity (Wildman–Crippen MR) is 104 cm³/mol. The zero-order valence-electron chi connectivity index (χ0n) is 16.8. The van der Waals surface area contributed by atoms with Crippen molar-refractivity contribution >= 4 is 16.9 Å². The first kappa shape index (κ1) is 17.7. The number of nitrogens with one attached hydrogen (secondary N) is 1. The van der Waals surface area contributed by atoms with Gasteiger partial charge in [-0.05, 0) is 37.0 Å². The summed E-state index contributed by atoms with van der Waals surface area (Å²) in [7, 11) is 3.10. The van der Waals surface area contributed by atoms with Crippen molar-refractivity contribution in [3.05, 3.63) is 29.5 Å². The van der Waals surface area contributed by atoms with Gasteiger partial charge in [-0.2, -0.15) is 0 Å². The van der Waals surface area contributed by atoms with Gasteiger partial charge in [0.1, 0.15) is 29.7 Å². The van der Waals surface area contributed by atoms with Crippen LogP contribution < -0.4 is 4.74 Å². The Balaban J connectivity index is 1.71. The third-order valence-electron chi connectivity index (χ3n) is 7.87. The van der Waals surface area contributed by atoms with Crippen molar-refractivity contribution in [2.24, 2.45) is 11.8 Å². The largest absolute Gasteiger partial charge is 0.497 e. The third-order valence-corrected chi connectivity index (χ3v) is 7.87. The topological polar surface area (TPSA) is 84.0 Å². The number of aliphatic hydroxyl groups excluding tert-OH is 1. The normalized spacial score (nSPS) is 41.4. The van der Waals surface area contributed by atoms with Crippen molar-refractivity contribution in [3.8, 4) is 5.75 Å². The summed E-state index contributed by atoms with van der Waals surface area (Å²) in [6, 6.07) is 5.68. The molecule has 2 aromatic rings. The Labute approximate surface area is 168 Å². The highest BCUT2D eigenvalue weighted by molar-refractivity contribution is 5.93. The molecule has 0 radical (unpaired) electrons. The van der Waals surface area contributed by atoms with E-state index in [0.717, 1.165) is 40.8 Å². The minimum Gasteiger partial charge on any atom is -0.497 e. The van der Waals surface area contributed by atoms with Crippen molar-refractivity contribution in [3.63, 3.8) is 0 Å². The average molecular weight is 398 g/mol. The molecule has 7 heteroatoms. The lowest BCUT2D eigenvalue weighted by atomic mass is 9.55. The first-order valence-corrected chi connectivity index (χ1v) is 10.4. The molecule has 29 heavy (non-hydrogen) atoms. The molecule has 0 amide bonds. The van der Waals surface area contributed by atoms with Crippen LogP contribution in [-0.2, 0) is 19.7 Å². The molecule has 1 saturated carbocycles. The van der Waals surface area contributed by atoms with Crippen LogP contribution in [0.3, 0.4) is 0 Å². The number of hydrogen-bond donors (Lipinski definition) is 2. The van der Waals surface area contributed by atoms with Crippen molar-refractivity contribution in [1.29, 1.82) is 0 Å². The smallest absolute Gasteiger partial charge is 0.319 e. The van der Waals surface area contributed by atoms with E-state index in [1.54, 1.807) is 7.11 Å². The number of H-pyrrole nitrogens is 1. The lowest BCUT2D eigenvalue weighted by molar-refractivity contribution is -0.199. The van der Waals surface area contributed by atoms with Crippen LogP contribution in [0, 0.1) is 11.8 Å². The van der Waals surface area contributed by atoms with Crippen molar-refractivity contribution in [2.45, 2.75) is 56.2 Å². The highest BCUT2D eigenvalue weighted by atomic mass is 16.6. The zero-order chi connectivity index (χ0) is 20.1. The van der Waals surface area contributed by atoms with Crippen molar-refractivity contribution in [1.82, 2.24) is 9.88 Å². The van der Waals surface area contributed by atoms with E-state index < -0.39 is 17.7 Å². The van der Waals surface area contributed by atoms with Crippen LogP contribution in [0.15, 0.2) is 18.2 Å². The molecule has 154 valence electrons. The number of fused-ring (bicyclic) bond motifs is 6. The zero-order valence-corrected chi connectivity index (χ0v) is 16.8. The first-order chi connectivity index (χ1) is 14.0. The number of methoxy groups -OCH3 is 2. The number of esters is 1. The maximum Gasteiger partial charge on any atom is 0.319 e. The van der Waals surface area contributed by atoms with Crippen LogP contribution in [-0.4, -0.2) is 53.7 Å². The highest BCUT2D eigenvalue weighted by Gasteiger charge is 2.71. The minimum atomic E-state index is -0.823. The average Bonchev–Trinajstić information content (AvgIpc) is 3.27. The minimum absolute atomic E-state index is 0.147. The molecule has 0 spiro atoms. The lowest BCUT2D eigenvalue weighted by Crippen LogP contribution is -2.71. The number of benzene rings is 1. The molecule has 1 unspecified atom stereocenters. The van der Waals surface area contributed by atoms with Gasteiger partial charge >= 0.3 is 5.97 Å². The van der Waals surface area contributed by atoms with Crippen LogP contribution in [0.1, 0.15) is 43.5 Å². The summed E-state index contributed by atoms with van der Waals surface area (Å²) in [6.45, 7) is 2.16. The Morgan fingerprint density at radius 3 is 2.97 bits per heavy atom. The van der Waals surface area contributed by atoms with Gasteiger partial charge < -0.3 is 24.3 Å². The fourth-order valence-corrected chi connectivity index (χ4v) is 6.84. The number of aromatic nitrogens is 1. The third kappa shape index (κ3) is 1.92. The molecule has 7 rings (SSSR count). The molecule has 1 aliphatic carbocycles. The lowest BCUT2D eigenvalue weighted by Gasteiger charge is -2.59. The summed E-state index contributed by atoms with van der Waals surface area (Å²) in [6.07, 6.45) is 1.22. The second kappa shape index (κ2) is 5.74. The van der Waals surface area contributed by atoms with E-state index in [1.165, 1.54) is 7.11 Å². The summed E-state index contributed by atoms with van der Waals surface area (Å²) in [5.41, 5.74) is 1.82. The summed E-state index contributed by atoms with van der Waals surface area (Å²) < 4.78 is 17.3. The van der Waals surface area contributed by atoms with Crippen LogP contribution in [0.4, 0.5) is 0 Å². The van der Waals surface area contributed by atoms with Crippen LogP contribution in [0.25, 0.3) is 10.9 Å². The number of aliphatic hydroxyl groups is 1. The molecule has 5 heterocycles. The summed E-state index contributed by atoms with van der Waals surface area (Å²) >= 11 is 0. The number of carbonyl (C=O) groups is 1. The molecule has 1 aromatic heterocycles. The van der Waals surface area contributed by atoms with Crippen LogP contribution >= 0.6 is 0 Å². The van der Waals surface area contributed by atoms with Gasteiger partial charge in [-0.15, -0.1) is 0 Å². The van der Waals surface area contributed by atoms with Gasteiger partial charge in [0.2, 0.25) is 0 Å². The maximum absolute atomic E-state index is 13.5. The molecule has 4 aliphatic heterocycles. The van der Waals surface area contributed by atoms with Crippen molar-refractivity contribution < 1.29 is 24.1 Å². The molecule has 5 aliphatic rings. The second-order valence-corrected chi connectivity index (χ2v) is 8.91. The van der Waals surface area contributed by atoms with Gasteiger partial charge in [0, 0.05) is 34.1 Å². The molecule has 2 N–H and O–H groups in total. The predicted octanol–water partition coefficient (Wildman–Crippen LogP) is 2.44. The Bertz CT molecular complexity index is 1020. The number of carbonyl (C=O) groups excluding carboxylic acids is 1. The van der Waals surface area contributed by atoms with Gasteiger partial charge in [-0.1, -0.05) is 13.3 Å². The van der Waals surface area contributed by atoms with E-state index in [2.05, 4.69) is 16.8 Å². The number of aromatic amines is 1. The Morgan fingerprint density at radius 1 is 1.41 bits per heavy atom. The van der Waals surface area contributed by atoms with Gasteiger partial charge in [0.05, 0.1) is 14.2 Å². The van der Waals surface area contributed by atoms with Crippen LogP contribution in [0.2, 0.25) is 0 Å². The maximum atomic E-state index is 13.5. The fourth-order valence-electron chi connectivity index (χ4n) is 6.84. The summed E-state index contributed by atoms with van der Waals surface area (Å²) in [4.78, 5) is 19.1. The van der Waals surface area contributed by atoms with Gasteiger partial charge in [0.15, 0.2) is 0 Å². The molecule has 3 saturated heterocycles. The van der Waals surface area contributed by atoms with E-state index in [0.29, 0.717) is 12.3 Å². The quantitative estimate of drug-likeness (QED) is 0.773. The Kier molecular flexibility index (Phi) is 3.51. The van der Waals surface area contributed by atoms with E-state index in [9.17, 15) is 9.90 Å². The SMILES string of the molecule is CC[C@H]1C[C@@H]2C[C@@]3(C(=O)OC)c4[nH]c5ccc(OC)cc5c4[C@H]4O[C@@H]2N([C@@H]4O)[C@@H]13. The van der Waals surface area contributed by atoms with E-state index in [4.69, 9.17) is 14.2 Å². The van der Waals surface area contributed by atoms with E-state index >= 15 is 0 Å². The fraction of sp³-hybridized carbons (Fsp3) is 0.591. The Morgan fingerprint density at radius 2 is 2.24 bits per heavy atom. The number of rotatable bonds is 3.